The Balaban J connectivity index is 4.26. The molecule has 0 saturated carbocycles. The minimum atomic E-state index is 0.0962. The van der Waals surface area contributed by atoms with Gasteiger partial charge in [-0.25, -0.2) is 0 Å². The van der Waals surface area contributed by atoms with Gasteiger partial charge in [0.15, 0.2) is 0 Å². The molecule has 0 fully saturated rings. The molecule has 0 bridgehead atoms. The molecule has 0 rings (SSSR count). The first-order valence-electron chi connectivity index (χ1n) is 13.4. The van der Waals surface area contributed by atoms with Crippen LogP contribution in [0.5, 0.6) is 0 Å². The van der Waals surface area contributed by atoms with Crippen LogP contribution >= 0.6 is 0 Å². The highest BCUT2D eigenvalue weighted by Crippen LogP contribution is 2.31. The number of nitrogens with two attached hydrogens (primary N) is 1. The second kappa shape index (κ2) is 20.2. The SMILES string of the molecule is CCCCCCCCC(C)C(N)(CCCCCCCC)CCCCCCCC. The Bertz CT molecular complexity index is 283. The first kappa shape index (κ1) is 28.0. The van der Waals surface area contributed by atoms with Crippen LogP contribution in [0, 0.1) is 5.92 Å². The summed E-state index contributed by atoms with van der Waals surface area (Å²) in [4.78, 5) is 0. The lowest BCUT2D eigenvalue weighted by Crippen LogP contribution is -2.46. The van der Waals surface area contributed by atoms with Crippen LogP contribution in [0.15, 0.2) is 0 Å². The van der Waals surface area contributed by atoms with Crippen LogP contribution in [0.2, 0.25) is 0 Å². The van der Waals surface area contributed by atoms with Crippen molar-refractivity contribution in [2.45, 2.75) is 168 Å². The maximum absolute atomic E-state index is 7.09. The fraction of sp³-hybridized carbons (Fsp3) is 1.00. The highest BCUT2D eigenvalue weighted by atomic mass is 14.8. The van der Waals surface area contributed by atoms with E-state index < -0.39 is 0 Å². The van der Waals surface area contributed by atoms with Crippen molar-refractivity contribution in [3.05, 3.63) is 0 Å². The second-order valence-electron chi connectivity index (χ2n) is 9.73. The molecule has 1 heteroatoms. The number of hydrogen-bond donors (Lipinski definition) is 1. The summed E-state index contributed by atoms with van der Waals surface area (Å²) in [6, 6.07) is 0. The van der Waals surface area contributed by atoms with Crippen LogP contribution in [0.4, 0.5) is 0 Å². The summed E-state index contributed by atoms with van der Waals surface area (Å²) in [6.07, 6.45) is 28.9. The first-order valence-corrected chi connectivity index (χ1v) is 13.4. The lowest BCUT2D eigenvalue weighted by molar-refractivity contribution is 0.220. The van der Waals surface area contributed by atoms with E-state index >= 15 is 0 Å². The molecule has 0 aromatic heterocycles. The quantitative estimate of drug-likeness (QED) is 0.181. The van der Waals surface area contributed by atoms with Crippen molar-refractivity contribution in [1.29, 1.82) is 0 Å². The molecule has 0 spiro atoms. The van der Waals surface area contributed by atoms with E-state index in [0.29, 0.717) is 5.92 Å². The fourth-order valence-electron chi connectivity index (χ4n) is 4.61. The molecule has 170 valence electrons. The average Bonchev–Trinajstić information content (AvgIpc) is 2.69. The molecular weight excluding hydrogens is 338 g/mol. The van der Waals surface area contributed by atoms with E-state index in [0.717, 1.165) is 0 Å². The van der Waals surface area contributed by atoms with Gasteiger partial charge in [-0.2, -0.15) is 0 Å². The minimum Gasteiger partial charge on any atom is -0.325 e. The van der Waals surface area contributed by atoms with Gasteiger partial charge < -0.3 is 5.73 Å². The lowest BCUT2D eigenvalue weighted by atomic mass is 9.75. The smallest absolute Gasteiger partial charge is 0.0180 e. The summed E-state index contributed by atoms with van der Waals surface area (Å²) in [5.74, 6) is 0.685. The van der Waals surface area contributed by atoms with Gasteiger partial charge in [-0.15, -0.1) is 0 Å². The predicted octanol–water partition coefficient (Wildman–Crippen LogP) is 9.57. The second-order valence-corrected chi connectivity index (χ2v) is 9.73. The van der Waals surface area contributed by atoms with E-state index in [-0.39, 0.29) is 5.54 Å². The molecule has 0 aliphatic heterocycles. The van der Waals surface area contributed by atoms with Crippen LogP contribution in [-0.2, 0) is 0 Å². The van der Waals surface area contributed by atoms with E-state index in [1.807, 2.05) is 0 Å². The van der Waals surface area contributed by atoms with Crippen molar-refractivity contribution in [3.63, 3.8) is 0 Å². The molecule has 0 amide bonds. The van der Waals surface area contributed by atoms with Gasteiger partial charge in [0.2, 0.25) is 0 Å². The third-order valence-corrected chi connectivity index (χ3v) is 6.96. The monoisotopic (exact) mass is 395 g/mol. The van der Waals surface area contributed by atoms with E-state index in [1.165, 1.54) is 135 Å². The summed E-state index contributed by atoms with van der Waals surface area (Å²) in [7, 11) is 0. The van der Waals surface area contributed by atoms with E-state index in [1.54, 1.807) is 0 Å². The molecule has 1 unspecified atom stereocenters. The predicted molar refractivity (Wildman–Crippen MR) is 130 cm³/mol. The van der Waals surface area contributed by atoms with E-state index in [9.17, 15) is 0 Å². The molecule has 2 N–H and O–H groups in total. The normalized spacial score (nSPS) is 13.2. The van der Waals surface area contributed by atoms with E-state index in [4.69, 9.17) is 5.73 Å². The highest BCUT2D eigenvalue weighted by molar-refractivity contribution is 4.89. The van der Waals surface area contributed by atoms with Crippen LogP contribution < -0.4 is 5.73 Å². The molecule has 0 aliphatic rings. The van der Waals surface area contributed by atoms with Crippen molar-refractivity contribution < 1.29 is 0 Å². The van der Waals surface area contributed by atoms with Gasteiger partial charge in [0.1, 0.15) is 0 Å². The Morgan fingerprint density at radius 1 is 0.500 bits per heavy atom. The van der Waals surface area contributed by atoms with Crippen LogP contribution in [-0.4, -0.2) is 5.54 Å². The first-order chi connectivity index (χ1) is 13.6. The molecule has 0 radical (unpaired) electrons. The van der Waals surface area contributed by atoms with Crippen LogP contribution in [0.1, 0.15) is 163 Å². The van der Waals surface area contributed by atoms with Crippen molar-refractivity contribution in [3.8, 4) is 0 Å². The Kier molecular flexibility index (Phi) is 20.2. The summed E-state index contributed by atoms with van der Waals surface area (Å²) in [5, 5.41) is 0. The molecule has 0 aromatic carbocycles. The topological polar surface area (TPSA) is 26.0 Å². The van der Waals surface area contributed by atoms with Gasteiger partial charge >= 0.3 is 0 Å². The molecule has 0 aliphatic carbocycles. The number of unbranched alkanes of at least 4 members (excludes halogenated alkanes) is 15. The zero-order chi connectivity index (χ0) is 20.9. The number of hydrogen-bond acceptors (Lipinski definition) is 1. The van der Waals surface area contributed by atoms with Gasteiger partial charge in [-0.05, 0) is 25.2 Å². The van der Waals surface area contributed by atoms with Crippen LogP contribution in [0.3, 0.4) is 0 Å². The standard InChI is InChI=1S/C27H57N/c1-5-8-11-14-17-20-23-26(4)27(28,24-21-18-15-12-9-6-2)25-22-19-16-13-10-7-3/h26H,5-25,28H2,1-4H3. The molecule has 0 heterocycles. The molecular formula is C27H57N. The Morgan fingerprint density at radius 2 is 0.821 bits per heavy atom. The van der Waals surface area contributed by atoms with Crippen molar-refractivity contribution >= 4 is 0 Å². The van der Waals surface area contributed by atoms with Crippen molar-refractivity contribution in [2.75, 3.05) is 0 Å². The summed E-state index contributed by atoms with van der Waals surface area (Å²) < 4.78 is 0. The number of rotatable bonds is 22. The summed E-state index contributed by atoms with van der Waals surface area (Å²) in [6.45, 7) is 9.36. The van der Waals surface area contributed by atoms with Crippen molar-refractivity contribution in [2.24, 2.45) is 11.7 Å². The molecule has 1 atom stereocenters. The molecule has 28 heavy (non-hydrogen) atoms. The summed E-state index contributed by atoms with van der Waals surface area (Å²) >= 11 is 0. The Morgan fingerprint density at radius 3 is 1.21 bits per heavy atom. The van der Waals surface area contributed by atoms with Gasteiger partial charge in [-0.3, -0.25) is 0 Å². The average molecular weight is 396 g/mol. The van der Waals surface area contributed by atoms with Gasteiger partial charge in [0, 0.05) is 5.54 Å². The zero-order valence-electron chi connectivity index (χ0n) is 20.5. The Hall–Kier alpha value is -0.0400. The maximum atomic E-state index is 7.09. The van der Waals surface area contributed by atoms with Gasteiger partial charge in [0.25, 0.3) is 0 Å². The van der Waals surface area contributed by atoms with Crippen molar-refractivity contribution in [1.82, 2.24) is 0 Å². The minimum absolute atomic E-state index is 0.0962. The van der Waals surface area contributed by atoms with Crippen LogP contribution in [0.25, 0.3) is 0 Å². The largest absolute Gasteiger partial charge is 0.325 e. The zero-order valence-corrected chi connectivity index (χ0v) is 20.5. The lowest BCUT2D eigenvalue weighted by Gasteiger charge is -2.36. The molecule has 1 nitrogen and oxygen atoms in total. The third-order valence-electron chi connectivity index (χ3n) is 6.96. The van der Waals surface area contributed by atoms with E-state index in [2.05, 4.69) is 27.7 Å². The Labute approximate surface area is 180 Å². The molecule has 0 saturated heterocycles. The third kappa shape index (κ3) is 15.8. The summed E-state index contributed by atoms with van der Waals surface area (Å²) in [5.41, 5.74) is 7.18. The van der Waals surface area contributed by atoms with Gasteiger partial charge in [0.05, 0.1) is 0 Å². The van der Waals surface area contributed by atoms with Gasteiger partial charge in [-0.1, -0.05) is 143 Å². The fourth-order valence-corrected chi connectivity index (χ4v) is 4.61. The maximum Gasteiger partial charge on any atom is 0.0180 e. The highest BCUT2D eigenvalue weighted by Gasteiger charge is 2.30. The molecule has 0 aromatic rings.